The Kier molecular flexibility index (Phi) is 4.24. The number of aryl methyl sites for hydroxylation is 1. The molecule has 0 bridgehead atoms. The zero-order valence-corrected chi connectivity index (χ0v) is 11.4. The molecule has 19 heavy (non-hydrogen) atoms. The zero-order chi connectivity index (χ0) is 13.8. The Morgan fingerprint density at radius 2 is 2.00 bits per heavy atom. The van der Waals surface area contributed by atoms with Gasteiger partial charge in [-0.25, -0.2) is 4.98 Å². The van der Waals surface area contributed by atoms with Crippen LogP contribution in [0.2, 0.25) is 5.15 Å². The smallest absolute Gasteiger partial charge is 0.155 e. The molecule has 0 saturated heterocycles. The topological polar surface area (TPSA) is 71.2 Å². The van der Waals surface area contributed by atoms with Crippen molar-refractivity contribution in [1.82, 2.24) is 4.98 Å². The van der Waals surface area contributed by atoms with Crippen LogP contribution in [-0.4, -0.2) is 16.7 Å². The molecule has 0 atom stereocenters. The summed E-state index contributed by atoms with van der Waals surface area (Å²) in [6, 6.07) is 9.47. The van der Waals surface area contributed by atoms with E-state index in [0.29, 0.717) is 23.1 Å². The van der Waals surface area contributed by atoms with Gasteiger partial charge in [0.25, 0.3) is 0 Å². The highest BCUT2D eigenvalue weighted by atomic mass is 35.5. The predicted octanol–water partition coefficient (Wildman–Crippen LogP) is 2.90. The van der Waals surface area contributed by atoms with Crippen molar-refractivity contribution in [3.63, 3.8) is 0 Å². The van der Waals surface area contributed by atoms with Gasteiger partial charge in [0.05, 0.1) is 5.69 Å². The summed E-state index contributed by atoms with van der Waals surface area (Å²) in [4.78, 5) is 4.18. The molecule has 0 saturated carbocycles. The molecule has 0 aliphatic heterocycles. The average molecular weight is 278 g/mol. The lowest BCUT2D eigenvalue weighted by atomic mass is 10.1. The molecular weight excluding hydrogens is 262 g/mol. The number of pyridine rings is 1. The van der Waals surface area contributed by atoms with E-state index in [2.05, 4.69) is 10.3 Å². The summed E-state index contributed by atoms with van der Waals surface area (Å²) >= 11 is 5.92. The van der Waals surface area contributed by atoms with Gasteiger partial charge in [-0.3, -0.25) is 0 Å². The van der Waals surface area contributed by atoms with Gasteiger partial charge >= 0.3 is 0 Å². The van der Waals surface area contributed by atoms with Crippen LogP contribution in [0.1, 0.15) is 11.1 Å². The Morgan fingerprint density at radius 3 is 2.63 bits per heavy atom. The third kappa shape index (κ3) is 3.36. The number of aromatic nitrogens is 1. The zero-order valence-electron chi connectivity index (χ0n) is 10.7. The van der Waals surface area contributed by atoms with Crippen molar-refractivity contribution in [3.05, 3.63) is 46.6 Å². The predicted molar refractivity (Wildman–Crippen MR) is 78.9 cm³/mol. The highest BCUT2D eigenvalue weighted by Gasteiger charge is 2.06. The number of hydrogen-bond acceptors (Lipinski definition) is 4. The van der Waals surface area contributed by atoms with Crippen LogP contribution in [-0.2, 0) is 6.42 Å². The van der Waals surface area contributed by atoms with Gasteiger partial charge in [0, 0.05) is 12.3 Å². The van der Waals surface area contributed by atoms with Gasteiger partial charge in [-0.15, -0.1) is 0 Å². The van der Waals surface area contributed by atoms with Crippen molar-refractivity contribution in [1.29, 1.82) is 0 Å². The fourth-order valence-electron chi connectivity index (χ4n) is 1.76. The first-order valence-corrected chi connectivity index (χ1v) is 6.37. The van der Waals surface area contributed by atoms with Crippen LogP contribution in [0.5, 0.6) is 0 Å². The van der Waals surface area contributed by atoms with E-state index in [9.17, 15) is 0 Å². The van der Waals surface area contributed by atoms with Crippen LogP contribution in [0.3, 0.4) is 0 Å². The number of nitrogens with zero attached hydrogens (tertiary/aromatic N) is 1. The van der Waals surface area contributed by atoms with Crippen molar-refractivity contribution >= 4 is 28.8 Å². The number of rotatable bonds is 4. The molecule has 0 spiro atoms. The summed E-state index contributed by atoms with van der Waals surface area (Å²) in [5.74, 6) is 0.555. The summed E-state index contributed by atoms with van der Waals surface area (Å²) in [6.07, 6.45) is 0.650. The fourth-order valence-corrected chi connectivity index (χ4v) is 2.01. The molecular formula is C14H16ClN3O. The molecule has 4 N–H and O–H groups in total. The Labute approximate surface area is 117 Å². The second kappa shape index (κ2) is 5.91. The highest BCUT2D eigenvalue weighted by molar-refractivity contribution is 6.29. The number of halogens is 1. The maximum atomic E-state index is 8.86. The summed E-state index contributed by atoms with van der Waals surface area (Å²) in [6.45, 7) is 2.03. The van der Waals surface area contributed by atoms with Crippen molar-refractivity contribution in [2.24, 2.45) is 0 Å². The van der Waals surface area contributed by atoms with Crippen molar-refractivity contribution in [3.8, 4) is 0 Å². The monoisotopic (exact) mass is 277 g/mol. The first kappa shape index (κ1) is 13.6. The molecule has 5 heteroatoms. The number of aliphatic hydroxyl groups is 1. The molecule has 2 aromatic rings. The van der Waals surface area contributed by atoms with Crippen LogP contribution in [0.4, 0.5) is 17.2 Å². The molecule has 0 amide bonds. The minimum Gasteiger partial charge on any atom is -0.396 e. The molecule has 1 aromatic carbocycles. The van der Waals surface area contributed by atoms with Gasteiger partial charge in [0.1, 0.15) is 5.15 Å². The SMILES string of the molecule is Cc1cc(Cl)nc(Nc2ccc(CCO)cc2)c1N. The van der Waals surface area contributed by atoms with Crippen LogP contribution in [0.15, 0.2) is 30.3 Å². The second-order valence-electron chi connectivity index (χ2n) is 4.32. The normalized spacial score (nSPS) is 10.5. The number of aliphatic hydroxyl groups excluding tert-OH is 1. The minimum atomic E-state index is 0.148. The molecule has 4 nitrogen and oxygen atoms in total. The Morgan fingerprint density at radius 1 is 1.32 bits per heavy atom. The van der Waals surface area contributed by atoms with E-state index < -0.39 is 0 Å². The molecule has 1 heterocycles. The number of nitrogens with one attached hydrogen (secondary N) is 1. The molecule has 2 rings (SSSR count). The molecule has 0 fully saturated rings. The van der Waals surface area contributed by atoms with E-state index in [1.165, 1.54) is 0 Å². The van der Waals surface area contributed by atoms with Crippen molar-refractivity contribution in [2.45, 2.75) is 13.3 Å². The van der Waals surface area contributed by atoms with Crippen LogP contribution >= 0.6 is 11.6 Å². The van der Waals surface area contributed by atoms with E-state index in [0.717, 1.165) is 16.8 Å². The standard InChI is InChI=1S/C14H16ClN3O/c1-9-8-12(15)18-14(13(9)16)17-11-4-2-10(3-5-11)6-7-19/h2-5,8,19H,6-7,16H2,1H3,(H,17,18). The highest BCUT2D eigenvalue weighted by Crippen LogP contribution is 2.26. The van der Waals surface area contributed by atoms with Crippen molar-refractivity contribution < 1.29 is 5.11 Å². The van der Waals surface area contributed by atoms with Gasteiger partial charge in [-0.2, -0.15) is 0 Å². The van der Waals surface area contributed by atoms with Crippen LogP contribution in [0, 0.1) is 6.92 Å². The van der Waals surface area contributed by atoms with E-state index >= 15 is 0 Å². The molecule has 0 unspecified atom stereocenters. The van der Waals surface area contributed by atoms with Crippen molar-refractivity contribution in [2.75, 3.05) is 17.7 Å². The summed E-state index contributed by atoms with van der Waals surface area (Å²) in [7, 11) is 0. The van der Waals surface area contributed by atoms with E-state index in [1.807, 2.05) is 31.2 Å². The Bertz CT molecular complexity index is 570. The average Bonchev–Trinajstić information content (AvgIpc) is 2.38. The lowest BCUT2D eigenvalue weighted by Gasteiger charge is -2.11. The molecule has 0 aliphatic carbocycles. The third-order valence-corrected chi connectivity index (χ3v) is 3.04. The number of anilines is 3. The maximum absolute atomic E-state index is 8.86. The first-order valence-electron chi connectivity index (χ1n) is 5.99. The van der Waals surface area contributed by atoms with Gasteiger partial charge in [0.15, 0.2) is 5.82 Å². The quantitative estimate of drug-likeness (QED) is 0.752. The Hall–Kier alpha value is -1.78. The lowest BCUT2D eigenvalue weighted by Crippen LogP contribution is -2.01. The van der Waals surface area contributed by atoms with Gasteiger partial charge in [-0.1, -0.05) is 23.7 Å². The van der Waals surface area contributed by atoms with Gasteiger partial charge in [-0.05, 0) is 42.7 Å². The Balaban J connectivity index is 2.21. The number of hydrogen-bond donors (Lipinski definition) is 3. The fraction of sp³-hybridized carbons (Fsp3) is 0.214. The summed E-state index contributed by atoms with van der Waals surface area (Å²) < 4.78 is 0. The van der Waals surface area contributed by atoms with E-state index in [4.69, 9.17) is 22.4 Å². The summed E-state index contributed by atoms with van der Waals surface area (Å²) in [5.41, 5.74) is 9.39. The second-order valence-corrected chi connectivity index (χ2v) is 4.71. The number of benzene rings is 1. The van der Waals surface area contributed by atoms with Crippen LogP contribution in [0.25, 0.3) is 0 Å². The third-order valence-electron chi connectivity index (χ3n) is 2.85. The minimum absolute atomic E-state index is 0.148. The summed E-state index contributed by atoms with van der Waals surface area (Å²) in [5, 5.41) is 12.4. The molecule has 0 aliphatic rings. The largest absolute Gasteiger partial charge is 0.396 e. The van der Waals surface area contributed by atoms with Gasteiger partial charge < -0.3 is 16.2 Å². The number of nitrogens with two attached hydrogens (primary N) is 1. The van der Waals surface area contributed by atoms with Gasteiger partial charge in [0.2, 0.25) is 0 Å². The molecule has 1 aromatic heterocycles. The molecule has 100 valence electrons. The van der Waals surface area contributed by atoms with Crippen LogP contribution < -0.4 is 11.1 Å². The lowest BCUT2D eigenvalue weighted by molar-refractivity contribution is 0.299. The van der Waals surface area contributed by atoms with E-state index in [1.54, 1.807) is 6.07 Å². The first-order chi connectivity index (χ1) is 9.10. The number of nitrogen functional groups attached to an aromatic ring is 1. The molecule has 0 radical (unpaired) electrons. The van der Waals surface area contributed by atoms with E-state index in [-0.39, 0.29) is 6.61 Å². The maximum Gasteiger partial charge on any atom is 0.155 e.